The largest absolute Gasteiger partial charge is 0.342 e. The number of hydrogen-bond donors (Lipinski definition) is 1. The van der Waals surface area contributed by atoms with Gasteiger partial charge in [-0.25, -0.2) is 0 Å². The van der Waals surface area contributed by atoms with Crippen LogP contribution in [0.15, 0.2) is 18.2 Å². The quantitative estimate of drug-likeness (QED) is 0.910. The first-order valence-electron chi connectivity index (χ1n) is 8.14. The fourth-order valence-corrected chi connectivity index (χ4v) is 3.99. The fraction of sp³-hybridized carbons (Fsp3) is 0.611. The van der Waals surface area contributed by atoms with E-state index in [4.69, 9.17) is 5.73 Å². The summed E-state index contributed by atoms with van der Waals surface area (Å²) in [4.78, 5) is 14.7. The van der Waals surface area contributed by atoms with Gasteiger partial charge in [0.2, 0.25) is 5.91 Å². The highest BCUT2D eigenvalue weighted by Crippen LogP contribution is 2.35. The fourth-order valence-electron chi connectivity index (χ4n) is 3.99. The highest BCUT2D eigenvalue weighted by Gasteiger charge is 2.40. The molecule has 3 atom stereocenters. The van der Waals surface area contributed by atoms with Crippen molar-refractivity contribution in [2.24, 2.45) is 17.6 Å². The highest BCUT2D eigenvalue weighted by molar-refractivity contribution is 5.85. The molecular weight excluding hydrogens is 296 g/mol. The van der Waals surface area contributed by atoms with Crippen molar-refractivity contribution < 1.29 is 4.79 Å². The second-order valence-electron chi connectivity index (χ2n) is 6.92. The van der Waals surface area contributed by atoms with Crippen molar-refractivity contribution >= 4 is 18.3 Å². The smallest absolute Gasteiger partial charge is 0.227 e. The minimum absolute atomic E-state index is 0. The third-order valence-electron chi connectivity index (χ3n) is 5.35. The van der Waals surface area contributed by atoms with Gasteiger partial charge in [0, 0.05) is 19.1 Å². The van der Waals surface area contributed by atoms with Crippen molar-refractivity contribution in [3.05, 3.63) is 34.9 Å². The Hall–Kier alpha value is -1.06. The van der Waals surface area contributed by atoms with Crippen LogP contribution in [0.3, 0.4) is 0 Å². The van der Waals surface area contributed by atoms with E-state index < -0.39 is 0 Å². The molecule has 122 valence electrons. The first-order valence-corrected chi connectivity index (χ1v) is 8.14. The number of fused-ring (bicyclic) bond motifs is 1. The number of nitrogens with zero attached hydrogens (tertiary/aromatic N) is 1. The Kier molecular flexibility index (Phi) is 5.51. The van der Waals surface area contributed by atoms with Gasteiger partial charge in [0.25, 0.3) is 0 Å². The van der Waals surface area contributed by atoms with Crippen molar-refractivity contribution in [1.29, 1.82) is 0 Å². The number of likely N-dealkylation sites (tertiary alicyclic amines) is 1. The van der Waals surface area contributed by atoms with Crippen LogP contribution in [0.25, 0.3) is 0 Å². The van der Waals surface area contributed by atoms with Crippen molar-refractivity contribution in [3.8, 4) is 0 Å². The molecule has 0 aromatic heterocycles. The molecule has 2 fully saturated rings. The minimum Gasteiger partial charge on any atom is -0.342 e. The van der Waals surface area contributed by atoms with E-state index in [-0.39, 0.29) is 18.3 Å². The zero-order chi connectivity index (χ0) is 15.0. The van der Waals surface area contributed by atoms with Crippen molar-refractivity contribution in [2.45, 2.75) is 45.6 Å². The van der Waals surface area contributed by atoms with Crippen molar-refractivity contribution in [2.75, 3.05) is 13.1 Å². The monoisotopic (exact) mass is 322 g/mol. The van der Waals surface area contributed by atoms with Gasteiger partial charge in [-0.3, -0.25) is 4.79 Å². The number of benzene rings is 1. The predicted molar refractivity (Wildman–Crippen MR) is 92.3 cm³/mol. The van der Waals surface area contributed by atoms with Gasteiger partial charge >= 0.3 is 0 Å². The van der Waals surface area contributed by atoms with Crippen LogP contribution < -0.4 is 5.73 Å². The third-order valence-corrected chi connectivity index (χ3v) is 5.35. The molecule has 1 aromatic rings. The second-order valence-corrected chi connectivity index (χ2v) is 6.92. The molecule has 1 aliphatic carbocycles. The Labute approximate surface area is 139 Å². The molecule has 1 saturated carbocycles. The standard InChI is InChI=1S/C18H26N2O.ClH/c1-12-6-7-13(2)15(8-12)9-18(21)20-10-14-4-3-5-17(19)16(14)11-20;/h6-8,14,16-17H,3-5,9-11,19H2,1-2H3;1H. The number of hydrogen-bond acceptors (Lipinski definition) is 2. The zero-order valence-electron chi connectivity index (χ0n) is 13.5. The van der Waals surface area contributed by atoms with Gasteiger partial charge < -0.3 is 10.6 Å². The summed E-state index contributed by atoms with van der Waals surface area (Å²) in [6, 6.07) is 6.65. The van der Waals surface area contributed by atoms with Gasteiger partial charge in [-0.15, -0.1) is 12.4 Å². The van der Waals surface area contributed by atoms with Crippen LogP contribution in [0.4, 0.5) is 0 Å². The van der Waals surface area contributed by atoms with Crippen LogP contribution in [0, 0.1) is 25.7 Å². The Morgan fingerprint density at radius 1 is 1.27 bits per heavy atom. The number of amides is 1. The summed E-state index contributed by atoms with van der Waals surface area (Å²) in [7, 11) is 0. The van der Waals surface area contributed by atoms with E-state index in [1.165, 1.54) is 29.5 Å². The van der Waals surface area contributed by atoms with Gasteiger partial charge in [0.05, 0.1) is 6.42 Å². The molecule has 3 nitrogen and oxygen atoms in total. The molecule has 2 N–H and O–H groups in total. The van der Waals surface area contributed by atoms with Crippen LogP contribution >= 0.6 is 12.4 Å². The number of aryl methyl sites for hydroxylation is 2. The molecule has 2 aliphatic rings. The molecule has 1 heterocycles. The molecule has 1 aromatic carbocycles. The molecule has 3 unspecified atom stereocenters. The summed E-state index contributed by atoms with van der Waals surface area (Å²) in [6.45, 7) is 5.95. The first kappa shape index (κ1) is 17.3. The molecule has 0 radical (unpaired) electrons. The lowest BCUT2D eigenvalue weighted by atomic mass is 9.78. The van der Waals surface area contributed by atoms with Crippen LogP contribution in [0.2, 0.25) is 0 Å². The van der Waals surface area contributed by atoms with E-state index in [9.17, 15) is 4.79 Å². The van der Waals surface area contributed by atoms with E-state index in [0.717, 1.165) is 19.5 Å². The van der Waals surface area contributed by atoms with Gasteiger partial charge in [-0.2, -0.15) is 0 Å². The summed E-state index contributed by atoms with van der Waals surface area (Å²) < 4.78 is 0. The molecule has 0 spiro atoms. The maximum atomic E-state index is 12.6. The zero-order valence-corrected chi connectivity index (χ0v) is 14.4. The molecule has 4 heteroatoms. The predicted octanol–water partition coefficient (Wildman–Crippen LogP) is 2.85. The third kappa shape index (κ3) is 3.47. The van der Waals surface area contributed by atoms with Gasteiger partial charge in [-0.05, 0) is 49.7 Å². The maximum Gasteiger partial charge on any atom is 0.227 e. The van der Waals surface area contributed by atoms with E-state index in [1.807, 2.05) is 0 Å². The molecule has 1 aliphatic heterocycles. The summed E-state index contributed by atoms with van der Waals surface area (Å²) in [5.74, 6) is 1.43. The minimum atomic E-state index is 0. The van der Waals surface area contributed by atoms with E-state index in [0.29, 0.717) is 24.3 Å². The summed E-state index contributed by atoms with van der Waals surface area (Å²) in [5.41, 5.74) is 9.84. The summed E-state index contributed by atoms with van der Waals surface area (Å²) in [5, 5.41) is 0. The Bertz CT molecular complexity index is 546. The Morgan fingerprint density at radius 2 is 2.05 bits per heavy atom. The molecule has 1 saturated heterocycles. The molecule has 3 rings (SSSR count). The molecular formula is C18H27ClN2O. The maximum absolute atomic E-state index is 12.6. The normalized spacial score (nSPS) is 27.2. The first-order chi connectivity index (χ1) is 10.0. The molecule has 1 amide bonds. The average Bonchev–Trinajstić information content (AvgIpc) is 2.88. The number of rotatable bonds is 2. The Morgan fingerprint density at radius 3 is 2.77 bits per heavy atom. The highest BCUT2D eigenvalue weighted by atomic mass is 35.5. The van der Waals surface area contributed by atoms with E-state index in [2.05, 4.69) is 36.9 Å². The summed E-state index contributed by atoms with van der Waals surface area (Å²) >= 11 is 0. The Balaban J connectivity index is 0.00000176. The lowest BCUT2D eigenvalue weighted by Gasteiger charge is -2.29. The number of carbonyl (C=O) groups excluding carboxylic acids is 1. The molecule has 22 heavy (non-hydrogen) atoms. The lowest BCUT2D eigenvalue weighted by Crippen LogP contribution is -2.38. The van der Waals surface area contributed by atoms with Crippen LogP contribution in [-0.2, 0) is 11.2 Å². The number of carbonyl (C=O) groups is 1. The van der Waals surface area contributed by atoms with Crippen LogP contribution in [0.5, 0.6) is 0 Å². The average molecular weight is 323 g/mol. The molecule has 0 bridgehead atoms. The topological polar surface area (TPSA) is 46.3 Å². The van der Waals surface area contributed by atoms with E-state index >= 15 is 0 Å². The van der Waals surface area contributed by atoms with E-state index in [1.54, 1.807) is 0 Å². The SMILES string of the molecule is Cc1ccc(C)c(CC(=O)N2CC3CCCC(N)C3C2)c1.Cl. The number of halogens is 1. The van der Waals surface area contributed by atoms with Gasteiger partial charge in [0.15, 0.2) is 0 Å². The second kappa shape index (κ2) is 7.01. The van der Waals surface area contributed by atoms with Gasteiger partial charge in [-0.1, -0.05) is 30.2 Å². The number of nitrogens with two attached hydrogens (primary N) is 1. The van der Waals surface area contributed by atoms with Gasteiger partial charge in [0.1, 0.15) is 0 Å². The van der Waals surface area contributed by atoms with Crippen LogP contribution in [-0.4, -0.2) is 29.9 Å². The van der Waals surface area contributed by atoms with Crippen LogP contribution in [0.1, 0.15) is 36.0 Å². The van der Waals surface area contributed by atoms with Crippen molar-refractivity contribution in [3.63, 3.8) is 0 Å². The lowest BCUT2D eigenvalue weighted by molar-refractivity contribution is -0.129. The van der Waals surface area contributed by atoms with Crippen molar-refractivity contribution in [1.82, 2.24) is 4.90 Å². The summed E-state index contributed by atoms with van der Waals surface area (Å²) in [6.07, 6.45) is 4.12.